The Balaban J connectivity index is 2.08. The van der Waals surface area contributed by atoms with Crippen LogP contribution in [0.3, 0.4) is 0 Å². The summed E-state index contributed by atoms with van der Waals surface area (Å²) in [5.74, 6) is 0.646. The molecule has 3 heteroatoms. The summed E-state index contributed by atoms with van der Waals surface area (Å²) in [4.78, 5) is 0. The maximum atomic E-state index is 10.00. The Hall–Kier alpha value is -1.58. The third-order valence-electron chi connectivity index (χ3n) is 2.68. The van der Waals surface area contributed by atoms with Gasteiger partial charge in [0, 0.05) is 20.7 Å². The average molecular weight is 261 g/mol. The van der Waals surface area contributed by atoms with Crippen molar-refractivity contribution >= 4 is 10.8 Å². The molecule has 0 saturated carbocycles. The van der Waals surface area contributed by atoms with Gasteiger partial charge in [-0.3, -0.25) is 0 Å². The van der Waals surface area contributed by atoms with E-state index in [0.717, 1.165) is 10.8 Å². The molecule has 0 aliphatic heterocycles. The van der Waals surface area contributed by atoms with Gasteiger partial charge in [0.05, 0.1) is 0 Å². The van der Waals surface area contributed by atoms with E-state index in [1.165, 1.54) is 0 Å². The van der Waals surface area contributed by atoms with Crippen LogP contribution in [0.15, 0.2) is 42.5 Å². The van der Waals surface area contributed by atoms with Gasteiger partial charge < -0.3 is 15.2 Å². The normalized spacial score (nSPS) is 15.2. The second-order valence-electron chi connectivity index (χ2n) is 4.75. The fraction of sp³-hybridized carbons (Fsp3) is 0.375. The predicted octanol–water partition coefficient (Wildman–Crippen LogP) is 2.58. The summed E-state index contributed by atoms with van der Waals surface area (Å²) in [6.45, 7) is 1.66. The lowest BCUT2D eigenvalue weighted by Crippen LogP contribution is -2.35. The molecule has 1 atom stereocenters. The van der Waals surface area contributed by atoms with Gasteiger partial charge in [0.2, 0.25) is 0 Å². The van der Waals surface area contributed by atoms with Crippen molar-refractivity contribution in [1.82, 2.24) is 5.32 Å². The van der Waals surface area contributed by atoms with Crippen LogP contribution in [0.4, 0.5) is 0 Å². The molecule has 0 saturated heterocycles. The maximum absolute atomic E-state index is 10.00. The van der Waals surface area contributed by atoms with Crippen molar-refractivity contribution in [2.45, 2.75) is 26.0 Å². The van der Waals surface area contributed by atoms with Crippen LogP contribution in [0.2, 0.25) is 0 Å². The van der Waals surface area contributed by atoms with Crippen molar-refractivity contribution in [3.63, 3.8) is 0 Å². The lowest BCUT2D eigenvalue weighted by atomic mass is 10.1. The largest absolute Gasteiger partial charge is 0.490 e. The monoisotopic (exact) mass is 261 g/mol. The molecule has 2 rings (SSSR count). The first-order valence-corrected chi connectivity index (χ1v) is 6.46. The number of hydrogen-bond donors (Lipinski definition) is 2. The van der Waals surface area contributed by atoms with Gasteiger partial charge in [-0.1, -0.05) is 50.2 Å². The number of rotatable bonds is 6. The lowest BCUT2D eigenvalue weighted by Gasteiger charge is -2.15. The first-order valence-electron chi connectivity index (χ1n) is 7.46. The maximum Gasteiger partial charge on any atom is 0.127 e. The molecule has 0 spiro atoms. The first kappa shape index (κ1) is 11.3. The summed E-state index contributed by atoms with van der Waals surface area (Å²) in [6.07, 6.45) is -1.25. The average Bonchev–Trinajstić information content (AvgIpc) is 2.43. The zero-order valence-corrected chi connectivity index (χ0v) is 11.3. The van der Waals surface area contributed by atoms with Crippen molar-refractivity contribution in [2.24, 2.45) is 0 Å². The lowest BCUT2D eigenvalue weighted by molar-refractivity contribution is 0.105. The van der Waals surface area contributed by atoms with E-state index < -0.39 is 12.6 Å². The Morgan fingerprint density at radius 3 is 2.74 bits per heavy atom. The highest BCUT2D eigenvalue weighted by Crippen LogP contribution is 2.25. The highest BCUT2D eigenvalue weighted by Gasteiger charge is 2.07. The molecule has 0 bridgehead atoms. The number of nitrogens with one attached hydrogen (secondary N) is 1. The van der Waals surface area contributed by atoms with Gasteiger partial charge in [-0.15, -0.1) is 0 Å². The zero-order chi connectivity index (χ0) is 15.5. The van der Waals surface area contributed by atoms with Gasteiger partial charge in [0.1, 0.15) is 18.5 Å². The third-order valence-corrected chi connectivity index (χ3v) is 2.68. The van der Waals surface area contributed by atoms with Gasteiger partial charge >= 0.3 is 0 Å². The van der Waals surface area contributed by atoms with E-state index in [0.29, 0.717) is 5.75 Å². The molecule has 0 aromatic heterocycles. The van der Waals surface area contributed by atoms with E-state index in [9.17, 15) is 5.11 Å². The molecule has 2 aromatic carbocycles. The molecule has 19 heavy (non-hydrogen) atoms. The number of hydrogen-bond acceptors (Lipinski definition) is 3. The predicted molar refractivity (Wildman–Crippen MR) is 78.6 cm³/mol. The summed E-state index contributed by atoms with van der Waals surface area (Å²) in [6, 6.07) is 13.4. The second-order valence-corrected chi connectivity index (χ2v) is 4.75. The fourth-order valence-electron chi connectivity index (χ4n) is 1.79. The molecule has 2 N–H and O–H groups in total. The Kier molecular flexibility index (Phi) is 3.88. The summed E-state index contributed by atoms with van der Waals surface area (Å²) < 4.78 is 21.3. The minimum atomic E-state index is -1.89. The smallest absolute Gasteiger partial charge is 0.127 e. The van der Waals surface area contributed by atoms with Crippen molar-refractivity contribution in [3.05, 3.63) is 42.5 Å². The standard InChI is InChI=1S/C16H21NO2/c1-12(2)17-10-14(18)11-19-16-9-5-7-13-6-3-4-8-15(13)16/h3-9,12,14,17-18H,10-11H2,1-2H3/i10D2. The number of aliphatic hydroxyl groups is 1. The van der Waals surface area contributed by atoms with E-state index in [-0.39, 0.29) is 12.6 Å². The molecule has 1 unspecified atom stereocenters. The third kappa shape index (κ3) is 3.94. The highest BCUT2D eigenvalue weighted by molar-refractivity contribution is 5.88. The molecule has 0 aliphatic rings. The van der Waals surface area contributed by atoms with Crippen LogP contribution in [0.1, 0.15) is 16.6 Å². The van der Waals surface area contributed by atoms with Gasteiger partial charge in [0.15, 0.2) is 0 Å². The molecule has 0 aliphatic carbocycles. The van der Waals surface area contributed by atoms with Gasteiger partial charge in [-0.2, -0.15) is 0 Å². The number of ether oxygens (including phenoxy) is 1. The van der Waals surface area contributed by atoms with Crippen molar-refractivity contribution in [1.29, 1.82) is 0 Å². The SMILES string of the molecule is [2H]C([2H])(NC(C)C)C(O)COc1cccc2ccccc12. The molecule has 0 fully saturated rings. The number of benzene rings is 2. The van der Waals surface area contributed by atoms with Crippen molar-refractivity contribution < 1.29 is 12.6 Å². The summed E-state index contributed by atoms with van der Waals surface area (Å²) in [7, 11) is 0. The van der Waals surface area contributed by atoms with Gasteiger partial charge in [0.25, 0.3) is 0 Å². The Bertz CT molecular complexity index is 596. The van der Waals surface area contributed by atoms with Gasteiger partial charge in [-0.25, -0.2) is 0 Å². The first-order chi connectivity index (χ1) is 9.90. The number of aliphatic hydroxyl groups excluding tert-OH is 1. The quantitative estimate of drug-likeness (QED) is 0.839. The van der Waals surface area contributed by atoms with Crippen LogP contribution < -0.4 is 10.1 Å². The molecule has 0 heterocycles. The summed E-state index contributed by atoms with van der Waals surface area (Å²) >= 11 is 0. The zero-order valence-electron chi connectivity index (χ0n) is 13.3. The fourth-order valence-corrected chi connectivity index (χ4v) is 1.79. The van der Waals surface area contributed by atoms with E-state index in [1.54, 1.807) is 0 Å². The summed E-state index contributed by atoms with van der Waals surface area (Å²) in [5, 5.41) is 14.7. The molecule has 2 aromatic rings. The highest BCUT2D eigenvalue weighted by atomic mass is 16.5. The Labute approximate surface area is 117 Å². The van der Waals surface area contributed by atoms with E-state index in [1.807, 2.05) is 56.3 Å². The van der Waals surface area contributed by atoms with E-state index in [4.69, 9.17) is 7.48 Å². The summed E-state index contributed by atoms with van der Waals surface area (Å²) in [5.41, 5.74) is 0. The minimum Gasteiger partial charge on any atom is -0.490 e. The van der Waals surface area contributed by atoms with E-state index in [2.05, 4.69) is 5.32 Å². The van der Waals surface area contributed by atoms with E-state index >= 15 is 0 Å². The minimum absolute atomic E-state index is 0.0628. The van der Waals surface area contributed by atoms with Crippen LogP contribution in [-0.2, 0) is 0 Å². The van der Waals surface area contributed by atoms with Crippen LogP contribution in [-0.4, -0.2) is 30.4 Å². The molecular formula is C16H21NO2. The molecular weight excluding hydrogens is 238 g/mol. The molecule has 3 nitrogen and oxygen atoms in total. The Morgan fingerprint density at radius 1 is 1.21 bits per heavy atom. The van der Waals surface area contributed by atoms with Crippen molar-refractivity contribution in [3.8, 4) is 5.75 Å². The topological polar surface area (TPSA) is 41.5 Å². The van der Waals surface area contributed by atoms with Crippen LogP contribution in [0.5, 0.6) is 5.75 Å². The van der Waals surface area contributed by atoms with Crippen LogP contribution in [0.25, 0.3) is 10.8 Å². The number of fused-ring (bicyclic) bond motifs is 1. The molecule has 0 radical (unpaired) electrons. The second kappa shape index (κ2) is 6.55. The van der Waals surface area contributed by atoms with Crippen LogP contribution >= 0.6 is 0 Å². The Morgan fingerprint density at radius 2 is 1.95 bits per heavy atom. The van der Waals surface area contributed by atoms with Gasteiger partial charge in [-0.05, 0) is 11.5 Å². The molecule has 102 valence electrons. The molecule has 0 amide bonds. The van der Waals surface area contributed by atoms with Crippen molar-refractivity contribution in [2.75, 3.05) is 13.1 Å². The van der Waals surface area contributed by atoms with Crippen LogP contribution in [0, 0.1) is 0 Å².